The fraction of sp³-hybridized carbons (Fsp3) is 0.333. The predicted molar refractivity (Wildman–Crippen MR) is 78.4 cm³/mol. The number of halogens is 2. The molecule has 3 nitrogen and oxygen atoms in total. The summed E-state index contributed by atoms with van der Waals surface area (Å²) in [4.78, 5) is 10.0. The first kappa shape index (κ1) is 12.4. The first-order valence-electron chi connectivity index (χ1n) is 5.72. The molecule has 18 heavy (non-hydrogen) atoms. The van der Waals surface area contributed by atoms with Crippen LogP contribution in [0, 0.1) is 0 Å². The van der Waals surface area contributed by atoms with Crippen molar-refractivity contribution in [1.29, 1.82) is 0 Å². The molecule has 0 radical (unpaired) electrons. The van der Waals surface area contributed by atoms with E-state index in [0.717, 1.165) is 22.7 Å². The summed E-state index contributed by atoms with van der Waals surface area (Å²) in [5.74, 6) is 2.19. The van der Waals surface area contributed by atoms with Crippen LogP contribution in [0.2, 0.25) is 5.15 Å². The van der Waals surface area contributed by atoms with Gasteiger partial charge in [-0.25, -0.2) is 9.97 Å². The van der Waals surface area contributed by atoms with Crippen LogP contribution in [-0.4, -0.2) is 9.97 Å². The van der Waals surface area contributed by atoms with E-state index in [0.29, 0.717) is 11.1 Å². The van der Waals surface area contributed by atoms with E-state index in [2.05, 4.69) is 42.7 Å². The highest BCUT2D eigenvalue weighted by atomic mass is 79.9. The van der Waals surface area contributed by atoms with E-state index in [1.807, 2.05) is 0 Å². The molecule has 0 amide bonds. The molecule has 1 aliphatic rings. The molecule has 2 aromatic rings. The lowest BCUT2D eigenvalue weighted by Gasteiger charge is -2.06. The van der Waals surface area contributed by atoms with Gasteiger partial charge in [0.05, 0.1) is 6.54 Å². The minimum atomic E-state index is 0.514. The SMILES string of the molecule is Clc1cc(NCc2cc(Br)cs2)nc(C2CC2)n1. The quantitative estimate of drug-likeness (QED) is 0.833. The second kappa shape index (κ2) is 5.15. The summed E-state index contributed by atoms with van der Waals surface area (Å²) in [6.07, 6.45) is 2.36. The van der Waals surface area contributed by atoms with E-state index in [9.17, 15) is 0 Å². The molecule has 0 bridgehead atoms. The third kappa shape index (κ3) is 3.02. The Balaban J connectivity index is 1.71. The highest BCUT2D eigenvalue weighted by Crippen LogP contribution is 2.38. The Kier molecular flexibility index (Phi) is 3.54. The van der Waals surface area contributed by atoms with E-state index in [1.165, 1.54) is 17.7 Å². The van der Waals surface area contributed by atoms with Gasteiger partial charge in [-0.3, -0.25) is 0 Å². The Morgan fingerprint density at radius 3 is 2.89 bits per heavy atom. The summed E-state index contributed by atoms with van der Waals surface area (Å²) in [6.45, 7) is 0.758. The van der Waals surface area contributed by atoms with Crippen LogP contribution >= 0.6 is 38.9 Å². The molecule has 0 saturated heterocycles. The Bertz CT molecular complexity index is 568. The lowest BCUT2D eigenvalue weighted by atomic mass is 10.4. The van der Waals surface area contributed by atoms with Crippen LogP contribution in [0.15, 0.2) is 22.0 Å². The number of anilines is 1. The largest absolute Gasteiger partial charge is 0.365 e. The molecular formula is C12H11BrClN3S. The third-order valence-corrected chi connectivity index (χ3v) is 4.61. The number of hydrogen-bond donors (Lipinski definition) is 1. The summed E-state index contributed by atoms with van der Waals surface area (Å²) >= 11 is 11.2. The zero-order valence-electron chi connectivity index (χ0n) is 9.49. The van der Waals surface area contributed by atoms with Gasteiger partial charge in [0.1, 0.15) is 16.8 Å². The van der Waals surface area contributed by atoms with Crippen LogP contribution in [0.4, 0.5) is 5.82 Å². The monoisotopic (exact) mass is 343 g/mol. The van der Waals surface area contributed by atoms with Crippen molar-refractivity contribution < 1.29 is 0 Å². The van der Waals surface area contributed by atoms with Crippen molar-refractivity contribution in [2.24, 2.45) is 0 Å². The average Bonchev–Trinajstić information content (AvgIpc) is 3.10. The van der Waals surface area contributed by atoms with Gasteiger partial charge in [0.25, 0.3) is 0 Å². The third-order valence-electron chi connectivity index (χ3n) is 2.72. The zero-order chi connectivity index (χ0) is 12.5. The fourth-order valence-electron chi connectivity index (χ4n) is 1.67. The van der Waals surface area contributed by atoms with E-state index >= 15 is 0 Å². The van der Waals surface area contributed by atoms with Gasteiger partial charge in [-0.05, 0) is 34.8 Å². The van der Waals surface area contributed by atoms with Crippen LogP contribution in [0.3, 0.4) is 0 Å². The van der Waals surface area contributed by atoms with E-state index in [4.69, 9.17) is 11.6 Å². The maximum absolute atomic E-state index is 6.01. The molecular weight excluding hydrogens is 334 g/mol. The molecule has 1 N–H and O–H groups in total. The minimum Gasteiger partial charge on any atom is -0.365 e. The number of aromatic nitrogens is 2. The fourth-order valence-corrected chi connectivity index (χ4v) is 3.25. The Morgan fingerprint density at radius 1 is 1.39 bits per heavy atom. The number of rotatable bonds is 4. The summed E-state index contributed by atoms with van der Waals surface area (Å²) < 4.78 is 1.11. The van der Waals surface area contributed by atoms with E-state index in [1.54, 1.807) is 17.4 Å². The standard InChI is InChI=1S/C12H11BrClN3S/c13-8-3-9(18-6-8)5-15-11-4-10(14)16-12(17-11)7-1-2-7/h3-4,6-7H,1-2,5H2,(H,15,16,17). The molecule has 1 aliphatic carbocycles. The van der Waals surface area contributed by atoms with E-state index < -0.39 is 0 Å². The molecule has 2 heterocycles. The van der Waals surface area contributed by atoms with Crippen molar-refractivity contribution in [3.05, 3.63) is 37.8 Å². The first-order chi connectivity index (χ1) is 8.70. The van der Waals surface area contributed by atoms with E-state index in [-0.39, 0.29) is 0 Å². The van der Waals surface area contributed by atoms with Gasteiger partial charge in [0, 0.05) is 26.7 Å². The van der Waals surface area contributed by atoms with Crippen LogP contribution in [0.1, 0.15) is 29.5 Å². The Morgan fingerprint density at radius 2 is 2.22 bits per heavy atom. The van der Waals surface area contributed by atoms with Crippen molar-refractivity contribution in [2.75, 3.05) is 5.32 Å². The number of nitrogens with zero attached hydrogens (tertiary/aromatic N) is 2. The molecule has 6 heteroatoms. The number of thiophene rings is 1. The van der Waals surface area contributed by atoms with Crippen molar-refractivity contribution in [2.45, 2.75) is 25.3 Å². The van der Waals surface area contributed by atoms with Crippen molar-refractivity contribution in [3.8, 4) is 0 Å². The molecule has 1 saturated carbocycles. The molecule has 0 aliphatic heterocycles. The molecule has 3 rings (SSSR count). The molecule has 1 fully saturated rings. The van der Waals surface area contributed by atoms with Crippen molar-refractivity contribution in [3.63, 3.8) is 0 Å². The maximum atomic E-state index is 6.01. The zero-order valence-corrected chi connectivity index (χ0v) is 12.6. The van der Waals surface area contributed by atoms with Crippen LogP contribution in [-0.2, 0) is 6.54 Å². The van der Waals surface area contributed by atoms with Gasteiger partial charge in [-0.1, -0.05) is 11.6 Å². The summed E-state index contributed by atoms with van der Waals surface area (Å²) in [7, 11) is 0. The van der Waals surface area contributed by atoms with Gasteiger partial charge in [-0.15, -0.1) is 11.3 Å². The summed E-state index contributed by atoms with van der Waals surface area (Å²) in [6, 6.07) is 3.87. The molecule has 94 valence electrons. The first-order valence-corrected chi connectivity index (χ1v) is 7.77. The van der Waals surface area contributed by atoms with Gasteiger partial charge in [0.15, 0.2) is 0 Å². The molecule has 0 aromatic carbocycles. The van der Waals surface area contributed by atoms with Crippen LogP contribution < -0.4 is 5.32 Å². The van der Waals surface area contributed by atoms with Gasteiger partial charge in [-0.2, -0.15) is 0 Å². The molecule has 2 aromatic heterocycles. The highest BCUT2D eigenvalue weighted by molar-refractivity contribution is 9.10. The maximum Gasteiger partial charge on any atom is 0.135 e. The highest BCUT2D eigenvalue weighted by Gasteiger charge is 2.27. The molecule has 0 unspecified atom stereocenters. The Labute approximate surface area is 123 Å². The lowest BCUT2D eigenvalue weighted by Crippen LogP contribution is -2.03. The second-order valence-corrected chi connectivity index (χ2v) is 6.59. The molecule has 0 spiro atoms. The van der Waals surface area contributed by atoms with Crippen molar-refractivity contribution in [1.82, 2.24) is 9.97 Å². The normalized spacial score (nSPS) is 14.8. The topological polar surface area (TPSA) is 37.8 Å². The van der Waals surface area contributed by atoms with Gasteiger partial charge >= 0.3 is 0 Å². The van der Waals surface area contributed by atoms with Gasteiger partial charge in [0.2, 0.25) is 0 Å². The van der Waals surface area contributed by atoms with Crippen molar-refractivity contribution >= 4 is 44.7 Å². The summed E-state index contributed by atoms with van der Waals surface area (Å²) in [5.41, 5.74) is 0. The van der Waals surface area contributed by atoms with Crippen LogP contribution in [0.5, 0.6) is 0 Å². The average molecular weight is 345 g/mol. The number of nitrogens with one attached hydrogen (secondary N) is 1. The van der Waals surface area contributed by atoms with Gasteiger partial charge < -0.3 is 5.32 Å². The molecule has 0 atom stereocenters. The lowest BCUT2D eigenvalue weighted by molar-refractivity contribution is 0.922. The van der Waals surface area contributed by atoms with Crippen LogP contribution in [0.25, 0.3) is 0 Å². The number of hydrogen-bond acceptors (Lipinski definition) is 4. The Hall–Kier alpha value is -0.650. The second-order valence-electron chi connectivity index (χ2n) is 4.29. The minimum absolute atomic E-state index is 0.514. The summed E-state index contributed by atoms with van der Waals surface area (Å²) in [5, 5.41) is 5.88. The smallest absolute Gasteiger partial charge is 0.135 e. The predicted octanol–water partition coefficient (Wildman–Crippen LogP) is 4.44.